The predicted molar refractivity (Wildman–Crippen MR) is 72.0 cm³/mol. The number of aryl methyl sites for hydroxylation is 1. The normalized spacial score (nSPS) is 20.7. The first-order chi connectivity index (χ1) is 8.54. The molecule has 0 bridgehead atoms. The number of aromatic nitrogens is 1. The van der Waals surface area contributed by atoms with Gasteiger partial charge in [0.05, 0.1) is 0 Å². The highest BCUT2D eigenvalue weighted by Crippen LogP contribution is 2.12. The number of carbonyl (C=O) groups is 1. The van der Waals surface area contributed by atoms with Crippen molar-refractivity contribution in [1.82, 2.24) is 15.2 Å². The van der Waals surface area contributed by atoms with Crippen LogP contribution in [0.4, 0.5) is 0 Å². The zero-order valence-corrected chi connectivity index (χ0v) is 11.5. The van der Waals surface area contributed by atoms with Crippen molar-refractivity contribution in [2.24, 2.45) is 0 Å². The molecule has 2 rings (SSSR count). The van der Waals surface area contributed by atoms with Crippen molar-refractivity contribution in [3.8, 4) is 0 Å². The lowest BCUT2D eigenvalue weighted by atomic mass is 10.1. The van der Waals surface area contributed by atoms with Crippen LogP contribution in [0.25, 0.3) is 0 Å². The van der Waals surface area contributed by atoms with Gasteiger partial charge in [-0.2, -0.15) is 0 Å². The van der Waals surface area contributed by atoms with Crippen molar-refractivity contribution in [3.63, 3.8) is 0 Å². The molecule has 0 spiro atoms. The summed E-state index contributed by atoms with van der Waals surface area (Å²) >= 11 is 5.86. The second kappa shape index (κ2) is 5.67. The van der Waals surface area contributed by atoms with Crippen molar-refractivity contribution < 1.29 is 4.79 Å². The number of halogens is 1. The Labute approximate surface area is 112 Å². The lowest BCUT2D eigenvalue weighted by Crippen LogP contribution is -2.46. The molecule has 0 saturated carbocycles. The van der Waals surface area contributed by atoms with Crippen LogP contribution in [0.1, 0.15) is 28.9 Å². The van der Waals surface area contributed by atoms with Gasteiger partial charge in [-0.3, -0.25) is 4.79 Å². The van der Waals surface area contributed by atoms with Crippen molar-refractivity contribution in [1.29, 1.82) is 0 Å². The molecule has 1 amide bonds. The third-order valence-electron chi connectivity index (χ3n) is 3.14. The molecule has 0 aromatic carbocycles. The number of likely N-dealkylation sites (tertiary alicyclic amines) is 1. The van der Waals surface area contributed by atoms with Gasteiger partial charge in [-0.1, -0.05) is 11.6 Å². The summed E-state index contributed by atoms with van der Waals surface area (Å²) in [5, 5.41) is 3.41. The fraction of sp³-hybridized carbons (Fsp3) is 0.538. The van der Waals surface area contributed by atoms with Crippen molar-refractivity contribution >= 4 is 17.5 Å². The van der Waals surface area contributed by atoms with Crippen molar-refractivity contribution in [2.75, 3.05) is 20.1 Å². The SMILES string of the molecule is Cc1cc(C(=O)NC2CCCN(C)C2)cc(Cl)n1. The molecule has 1 fully saturated rings. The number of amides is 1. The van der Waals surface area contributed by atoms with E-state index in [0.717, 1.165) is 31.6 Å². The Morgan fingerprint density at radius 1 is 1.56 bits per heavy atom. The van der Waals surface area contributed by atoms with E-state index >= 15 is 0 Å². The number of piperidine rings is 1. The number of hydrogen-bond donors (Lipinski definition) is 1. The molecule has 2 heterocycles. The standard InChI is InChI=1S/C13H18ClN3O/c1-9-6-10(7-12(14)15-9)13(18)16-11-4-3-5-17(2)8-11/h6-7,11H,3-5,8H2,1-2H3,(H,16,18). The molecule has 4 nitrogen and oxygen atoms in total. The molecule has 0 radical (unpaired) electrons. The highest BCUT2D eigenvalue weighted by atomic mass is 35.5. The maximum Gasteiger partial charge on any atom is 0.251 e. The highest BCUT2D eigenvalue weighted by Gasteiger charge is 2.19. The van der Waals surface area contributed by atoms with Gasteiger partial charge in [0.15, 0.2) is 0 Å². The number of nitrogens with zero attached hydrogens (tertiary/aromatic N) is 2. The maximum absolute atomic E-state index is 12.1. The Hall–Kier alpha value is -1.13. The Bertz CT molecular complexity index is 430. The number of pyridine rings is 1. The van der Waals surface area contributed by atoms with Gasteiger partial charge >= 0.3 is 0 Å². The van der Waals surface area contributed by atoms with Gasteiger partial charge < -0.3 is 10.2 Å². The molecule has 98 valence electrons. The second-order valence-corrected chi connectivity index (χ2v) is 5.28. The van der Waals surface area contributed by atoms with Crippen LogP contribution in [0.5, 0.6) is 0 Å². The Morgan fingerprint density at radius 2 is 2.33 bits per heavy atom. The molecule has 1 saturated heterocycles. The van der Waals surface area contributed by atoms with E-state index in [-0.39, 0.29) is 11.9 Å². The second-order valence-electron chi connectivity index (χ2n) is 4.89. The molecular weight excluding hydrogens is 250 g/mol. The molecular formula is C13H18ClN3O. The van der Waals surface area contributed by atoms with Crippen LogP contribution >= 0.6 is 11.6 Å². The Kier molecular flexibility index (Phi) is 4.19. The van der Waals surface area contributed by atoms with E-state index in [9.17, 15) is 4.79 Å². The van der Waals surface area contributed by atoms with Gasteiger partial charge in [-0.15, -0.1) is 0 Å². The Balaban J connectivity index is 2.02. The van der Waals surface area contributed by atoms with Gasteiger partial charge in [-0.25, -0.2) is 4.98 Å². The van der Waals surface area contributed by atoms with Gasteiger partial charge in [0.1, 0.15) is 5.15 Å². The third-order valence-corrected chi connectivity index (χ3v) is 3.34. The number of likely N-dealkylation sites (N-methyl/N-ethyl adjacent to an activating group) is 1. The molecule has 1 aliphatic heterocycles. The first-order valence-electron chi connectivity index (χ1n) is 6.18. The Morgan fingerprint density at radius 3 is 3.00 bits per heavy atom. The third kappa shape index (κ3) is 3.43. The van der Waals surface area contributed by atoms with E-state index < -0.39 is 0 Å². The molecule has 1 aliphatic rings. The van der Waals surface area contributed by atoms with Crippen LogP contribution < -0.4 is 5.32 Å². The minimum absolute atomic E-state index is 0.0669. The largest absolute Gasteiger partial charge is 0.348 e. The summed E-state index contributed by atoms with van der Waals surface area (Å²) in [6.07, 6.45) is 2.16. The fourth-order valence-electron chi connectivity index (χ4n) is 2.31. The van der Waals surface area contributed by atoms with Crippen LogP contribution in [-0.4, -0.2) is 42.0 Å². The molecule has 1 unspecified atom stereocenters. The minimum Gasteiger partial charge on any atom is -0.348 e. The molecule has 1 aromatic rings. The fourth-order valence-corrected chi connectivity index (χ4v) is 2.56. The average molecular weight is 268 g/mol. The minimum atomic E-state index is -0.0669. The zero-order chi connectivity index (χ0) is 13.1. The van der Waals surface area contributed by atoms with Crippen molar-refractivity contribution in [2.45, 2.75) is 25.8 Å². The summed E-state index contributed by atoms with van der Waals surface area (Å²) in [6.45, 7) is 3.84. The van der Waals surface area contributed by atoms with Gasteiger partial charge in [-0.05, 0) is 45.5 Å². The summed E-state index contributed by atoms with van der Waals surface area (Å²) in [7, 11) is 2.08. The molecule has 1 N–H and O–H groups in total. The highest BCUT2D eigenvalue weighted by molar-refractivity contribution is 6.29. The van der Waals surface area contributed by atoms with Gasteiger partial charge in [0, 0.05) is 23.8 Å². The zero-order valence-electron chi connectivity index (χ0n) is 10.7. The lowest BCUT2D eigenvalue weighted by Gasteiger charge is -2.30. The monoisotopic (exact) mass is 267 g/mol. The smallest absolute Gasteiger partial charge is 0.251 e. The lowest BCUT2D eigenvalue weighted by molar-refractivity contribution is 0.0912. The molecule has 0 aliphatic carbocycles. The van der Waals surface area contributed by atoms with E-state index in [1.54, 1.807) is 12.1 Å². The van der Waals surface area contributed by atoms with Crippen LogP contribution in [0.3, 0.4) is 0 Å². The number of hydrogen-bond acceptors (Lipinski definition) is 3. The topological polar surface area (TPSA) is 45.2 Å². The first-order valence-corrected chi connectivity index (χ1v) is 6.56. The maximum atomic E-state index is 12.1. The van der Waals surface area contributed by atoms with Gasteiger partial charge in [0.25, 0.3) is 5.91 Å². The number of nitrogens with one attached hydrogen (secondary N) is 1. The molecule has 5 heteroatoms. The van der Waals surface area contributed by atoms with E-state index in [2.05, 4.69) is 22.2 Å². The summed E-state index contributed by atoms with van der Waals surface area (Å²) in [5.74, 6) is -0.0669. The average Bonchev–Trinajstić information content (AvgIpc) is 2.27. The van der Waals surface area contributed by atoms with Crippen LogP contribution in [-0.2, 0) is 0 Å². The predicted octanol–water partition coefficient (Wildman–Crippen LogP) is 1.87. The number of rotatable bonds is 2. The van der Waals surface area contributed by atoms with E-state index in [1.807, 2.05) is 6.92 Å². The summed E-state index contributed by atoms with van der Waals surface area (Å²) < 4.78 is 0. The first kappa shape index (κ1) is 13.3. The molecule has 1 aromatic heterocycles. The van der Waals surface area contributed by atoms with Gasteiger partial charge in [0.2, 0.25) is 0 Å². The van der Waals surface area contributed by atoms with E-state index in [4.69, 9.17) is 11.6 Å². The summed E-state index contributed by atoms with van der Waals surface area (Å²) in [4.78, 5) is 18.4. The quantitative estimate of drug-likeness (QED) is 0.832. The van der Waals surface area contributed by atoms with Crippen LogP contribution in [0.2, 0.25) is 5.15 Å². The van der Waals surface area contributed by atoms with E-state index in [0.29, 0.717) is 10.7 Å². The molecule has 18 heavy (non-hydrogen) atoms. The molecule has 1 atom stereocenters. The summed E-state index contributed by atoms with van der Waals surface area (Å²) in [6, 6.07) is 3.59. The summed E-state index contributed by atoms with van der Waals surface area (Å²) in [5.41, 5.74) is 1.34. The van der Waals surface area contributed by atoms with E-state index in [1.165, 1.54) is 0 Å². The number of carbonyl (C=O) groups excluding carboxylic acids is 1. The van der Waals surface area contributed by atoms with Crippen LogP contribution in [0, 0.1) is 6.92 Å². The van der Waals surface area contributed by atoms with Crippen molar-refractivity contribution in [3.05, 3.63) is 28.5 Å². The van der Waals surface area contributed by atoms with Crippen LogP contribution in [0.15, 0.2) is 12.1 Å².